The van der Waals surface area contributed by atoms with Crippen LogP contribution >= 0.6 is 0 Å². The third kappa shape index (κ3) is 4.91. The first-order chi connectivity index (χ1) is 13.6. The van der Waals surface area contributed by atoms with Crippen molar-refractivity contribution in [3.8, 4) is 17.1 Å². The second kappa shape index (κ2) is 9.08. The van der Waals surface area contributed by atoms with Gasteiger partial charge in [0.05, 0.1) is 18.8 Å². The summed E-state index contributed by atoms with van der Waals surface area (Å²) in [4.78, 5) is 16.9. The second-order valence-electron chi connectivity index (χ2n) is 6.98. The minimum atomic E-state index is -0.109. The van der Waals surface area contributed by atoms with Gasteiger partial charge in [-0.1, -0.05) is 32.0 Å². The van der Waals surface area contributed by atoms with Crippen LogP contribution < -0.4 is 10.1 Å². The van der Waals surface area contributed by atoms with E-state index in [1.807, 2.05) is 30.3 Å². The van der Waals surface area contributed by atoms with Crippen LogP contribution in [0.15, 0.2) is 60.9 Å². The molecular formula is C22H24N4O2. The Bertz CT molecular complexity index is 894. The fraction of sp³-hybridized carbons (Fsp3) is 0.273. The normalized spacial score (nSPS) is 11.9. The first-order valence-corrected chi connectivity index (χ1v) is 9.25. The highest BCUT2D eigenvalue weighted by atomic mass is 16.5. The largest absolute Gasteiger partial charge is 0.480 e. The van der Waals surface area contributed by atoms with Gasteiger partial charge in [0.25, 0.3) is 5.91 Å². The molecule has 6 heteroatoms. The summed E-state index contributed by atoms with van der Waals surface area (Å²) in [5.41, 5.74) is 3.22. The summed E-state index contributed by atoms with van der Waals surface area (Å²) >= 11 is 0. The Morgan fingerprint density at radius 1 is 1.07 bits per heavy atom. The first kappa shape index (κ1) is 19.5. The maximum atomic E-state index is 12.8. The van der Waals surface area contributed by atoms with E-state index in [2.05, 4.69) is 34.3 Å². The fourth-order valence-corrected chi connectivity index (χ4v) is 2.95. The first-order valence-electron chi connectivity index (χ1n) is 9.25. The lowest BCUT2D eigenvalue weighted by atomic mass is 9.97. The van der Waals surface area contributed by atoms with Crippen LogP contribution in [0.3, 0.4) is 0 Å². The van der Waals surface area contributed by atoms with Gasteiger partial charge in [-0.05, 0) is 42.2 Å². The topological polar surface area (TPSA) is 77.0 Å². The lowest BCUT2D eigenvalue weighted by Crippen LogP contribution is -2.29. The van der Waals surface area contributed by atoms with Crippen molar-refractivity contribution < 1.29 is 9.53 Å². The number of ether oxygens (including phenoxy) is 1. The Morgan fingerprint density at radius 2 is 1.86 bits per heavy atom. The van der Waals surface area contributed by atoms with Crippen molar-refractivity contribution in [3.63, 3.8) is 0 Å². The molecule has 0 unspecified atom stereocenters. The number of aromatic nitrogens is 3. The summed E-state index contributed by atoms with van der Waals surface area (Å²) in [5.74, 6) is 0.801. The Hall–Kier alpha value is -3.28. The monoisotopic (exact) mass is 376 g/mol. The summed E-state index contributed by atoms with van der Waals surface area (Å²) in [6, 6.07) is 14.7. The van der Waals surface area contributed by atoms with Crippen LogP contribution in [0.4, 0.5) is 0 Å². The summed E-state index contributed by atoms with van der Waals surface area (Å²) in [6.07, 6.45) is 4.38. The average molecular weight is 376 g/mol. The molecule has 1 N–H and O–H groups in total. The third-order valence-electron chi connectivity index (χ3n) is 4.39. The van der Waals surface area contributed by atoms with Crippen molar-refractivity contribution in [2.45, 2.75) is 26.3 Å². The number of nitrogens with one attached hydrogen (secondary N) is 1. The molecule has 0 saturated carbocycles. The van der Waals surface area contributed by atoms with Crippen LogP contribution in [-0.4, -0.2) is 28.2 Å². The molecule has 1 atom stereocenters. The number of carbonyl (C=O) groups excluding carboxylic acids is 1. The van der Waals surface area contributed by atoms with E-state index in [1.165, 1.54) is 0 Å². The molecule has 144 valence electrons. The maximum absolute atomic E-state index is 12.8. The minimum absolute atomic E-state index is 0.0756. The highest BCUT2D eigenvalue weighted by Gasteiger charge is 2.17. The van der Waals surface area contributed by atoms with Crippen LogP contribution in [0.25, 0.3) is 11.3 Å². The summed E-state index contributed by atoms with van der Waals surface area (Å²) in [6.45, 7) is 4.28. The quantitative estimate of drug-likeness (QED) is 0.673. The predicted molar refractivity (Wildman–Crippen MR) is 108 cm³/mol. The van der Waals surface area contributed by atoms with Gasteiger partial charge in [0, 0.05) is 29.6 Å². The van der Waals surface area contributed by atoms with Crippen LogP contribution in [0.1, 0.15) is 42.2 Å². The van der Waals surface area contributed by atoms with Gasteiger partial charge in [0.2, 0.25) is 5.88 Å². The number of carbonyl (C=O) groups is 1. The number of pyridine rings is 1. The van der Waals surface area contributed by atoms with Gasteiger partial charge >= 0.3 is 0 Å². The molecule has 2 aromatic heterocycles. The molecule has 2 heterocycles. The molecule has 0 aliphatic heterocycles. The molecule has 0 aliphatic rings. The number of nitrogens with zero attached hydrogens (tertiary/aromatic N) is 3. The molecule has 0 spiro atoms. The molecule has 0 fully saturated rings. The molecule has 3 rings (SSSR count). The molecule has 1 amide bonds. The van der Waals surface area contributed by atoms with E-state index in [-0.39, 0.29) is 11.9 Å². The van der Waals surface area contributed by atoms with E-state index in [0.29, 0.717) is 17.4 Å². The highest BCUT2D eigenvalue weighted by Crippen LogP contribution is 2.22. The van der Waals surface area contributed by atoms with Crippen LogP contribution in [0.5, 0.6) is 5.88 Å². The maximum Gasteiger partial charge on any atom is 0.251 e. The molecule has 28 heavy (non-hydrogen) atoms. The van der Waals surface area contributed by atoms with Crippen LogP contribution in [0, 0.1) is 5.92 Å². The lowest BCUT2D eigenvalue weighted by molar-refractivity contribution is 0.0932. The van der Waals surface area contributed by atoms with Gasteiger partial charge in [-0.25, -0.2) is 0 Å². The van der Waals surface area contributed by atoms with Crippen molar-refractivity contribution in [1.29, 1.82) is 0 Å². The number of methoxy groups -OCH3 is 1. The van der Waals surface area contributed by atoms with Crippen molar-refractivity contribution in [1.82, 2.24) is 20.5 Å². The Morgan fingerprint density at radius 3 is 2.43 bits per heavy atom. The molecule has 0 bridgehead atoms. The van der Waals surface area contributed by atoms with E-state index >= 15 is 0 Å². The van der Waals surface area contributed by atoms with Gasteiger partial charge in [0.1, 0.15) is 0 Å². The van der Waals surface area contributed by atoms with E-state index in [0.717, 1.165) is 23.2 Å². The fourth-order valence-electron chi connectivity index (χ4n) is 2.95. The zero-order valence-electron chi connectivity index (χ0n) is 16.3. The van der Waals surface area contributed by atoms with Crippen molar-refractivity contribution >= 4 is 5.91 Å². The Balaban J connectivity index is 1.73. The number of hydrogen-bond acceptors (Lipinski definition) is 5. The molecule has 3 aromatic rings. The van der Waals surface area contributed by atoms with Crippen LogP contribution in [-0.2, 0) is 0 Å². The minimum Gasteiger partial charge on any atom is -0.480 e. The summed E-state index contributed by atoms with van der Waals surface area (Å²) < 4.78 is 5.03. The van der Waals surface area contributed by atoms with Gasteiger partial charge < -0.3 is 10.1 Å². The molecule has 1 aromatic carbocycles. The van der Waals surface area contributed by atoms with E-state index in [9.17, 15) is 4.79 Å². The second-order valence-corrected chi connectivity index (χ2v) is 6.98. The van der Waals surface area contributed by atoms with E-state index in [1.54, 1.807) is 37.7 Å². The van der Waals surface area contributed by atoms with Crippen molar-refractivity contribution in [2.24, 2.45) is 5.92 Å². The number of amides is 1. The van der Waals surface area contributed by atoms with Gasteiger partial charge in [-0.2, -0.15) is 0 Å². The molecular weight excluding hydrogens is 352 g/mol. The summed E-state index contributed by atoms with van der Waals surface area (Å²) in [7, 11) is 1.55. The standard InChI is InChI=1S/C22H24N4O2/c1-15(2)13-20(18-5-4-12-23-14-18)24-22(27)17-8-6-16(7-9-17)19-10-11-21(28-3)26-25-19/h4-12,14-15,20H,13H2,1-3H3,(H,24,27)/t20-/m1/s1. The number of hydrogen-bond donors (Lipinski definition) is 1. The van der Waals surface area contributed by atoms with Crippen molar-refractivity contribution in [3.05, 3.63) is 72.1 Å². The SMILES string of the molecule is COc1ccc(-c2ccc(C(=O)N[C@H](CC(C)C)c3cccnc3)cc2)nn1. The Labute approximate surface area is 165 Å². The zero-order chi connectivity index (χ0) is 19.9. The molecule has 0 aliphatic carbocycles. The van der Waals surface area contributed by atoms with Crippen LogP contribution in [0.2, 0.25) is 0 Å². The van der Waals surface area contributed by atoms with Gasteiger partial charge in [-0.3, -0.25) is 9.78 Å². The van der Waals surface area contributed by atoms with Gasteiger partial charge in [0.15, 0.2) is 0 Å². The predicted octanol–water partition coefficient (Wildman–Crippen LogP) is 4.06. The highest BCUT2D eigenvalue weighted by molar-refractivity contribution is 5.94. The third-order valence-corrected chi connectivity index (χ3v) is 4.39. The summed E-state index contributed by atoms with van der Waals surface area (Å²) in [5, 5.41) is 11.2. The zero-order valence-corrected chi connectivity index (χ0v) is 16.3. The number of rotatable bonds is 7. The molecule has 0 saturated heterocycles. The van der Waals surface area contributed by atoms with E-state index < -0.39 is 0 Å². The van der Waals surface area contributed by atoms with Crippen molar-refractivity contribution in [2.75, 3.05) is 7.11 Å². The smallest absolute Gasteiger partial charge is 0.251 e. The van der Waals surface area contributed by atoms with E-state index in [4.69, 9.17) is 4.74 Å². The number of benzene rings is 1. The van der Waals surface area contributed by atoms with Gasteiger partial charge in [-0.15, -0.1) is 10.2 Å². The molecule has 6 nitrogen and oxygen atoms in total. The average Bonchev–Trinajstić information content (AvgIpc) is 2.74. The molecule has 0 radical (unpaired) electrons. The lowest BCUT2D eigenvalue weighted by Gasteiger charge is -2.21. The Kier molecular flexibility index (Phi) is 6.32.